The lowest BCUT2D eigenvalue weighted by molar-refractivity contribution is -0.132. The Morgan fingerprint density at radius 1 is 1.07 bits per heavy atom. The average molecular weight is 375 g/mol. The van der Waals surface area contributed by atoms with E-state index in [1.54, 1.807) is 24.4 Å². The highest BCUT2D eigenvalue weighted by Gasteiger charge is 2.52. The number of halogens is 1. The second-order valence-electron chi connectivity index (χ2n) is 7.46. The van der Waals surface area contributed by atoms with Crippen molar-refractivity contribution in [1.29, 1.82) is 0 Å². The minimum absolute atomic E-state index is 0.0713. The fourth-order valence-electron chi connectivity index (χ4n) is 4.34. The summed E-state index contributed by atoms with van der Waals surface area (Å²) in [5.41, 5.74) is 2.54. The van der Waals surface area contributed by atoms with E-state index >= 15 is 0 Å². The molecule has 5 rings (SSSR count). The number of carbonyl (C=O) groups excluding carboxylic acids is 2. The Morgan fingerprint density at radius 2 is 1.89 bits per heavy atom. The fraction of sp³-hybridized carbons (Fsp3) is 0.227. The molecule has 1 aliphatic heterocycles. The molecule has 1 saturated heterocycles. The van der Waals surface area contributed by atoms with Crippen LogP contribution in [-0.4, -0.2) is 27.4 Å². The standard InChI is InChI=1S/C22H18FN3O2/c23-18-8-7-16(19-17(18)6-3-11-24-19)13-26-20(27)22(25-21(26)28)10-9-14-4-1-2-5-15(14)12-22/h1-8,11H,9-10,12-13H2,(H,25,28). The van der Waals surface area contributed by atoms with E-state index in [0.29, 0.717) is 29.3 Å². The van der Waals surface area contributed by atoms with Gasteiger partial charge in [-0.1, -0.05) is 30.3 Å². The van der Waals surface area contributed by atoms with Gasteiger partial charge in [-0.15, -0.1) is 0 Å². The average Bonchev–Trinajstić information content (AvgIpc) is 2.94. The van der Waals surface area contributed by atoms with Gasteiger partial charge in [0.1, 0.15) is 11.4 Å². The number of hydrogen-bond donors (Lipinski definition) is 1. The van der Waals surface area contributed by atoms with E-state index in [-0.39, 0.29) is 18.3 Å². The molecule has 1 spiro atoms. The van der Waals surface area contributed by atoms with E-state index in [9.17, 15) is 14.0 Å². The molecule has 3 aromatic rings. The zero-order valence-corrected chi connectivity index (χ0v) is 15.1. The summed E-state index contributed by atoms with van der Waals surface area (Å²) >= 11 is 0. The van der Waals surface area contributed by atoms with Crippen molar-refractivity contribution < 1.29 is 14.0 Å². The van der Waals surface area contributed by atoms with Gasteiger partial charge in [0.25, 0.3) is 5.91 Å². The topological polar surface area (TPSA) is 62.3 Å². The molecule has 0 bridgehead atoms. The number of imide groups is 1. The second kappa shape index (κ2) is 6.12. The van der Waals surface area contributed by atoms with Crippen LogP contribution in [0, 0.1) is 5.82 Å². The molecule has 1 atom stereocenters. The summed E-state index contributed by atoms with van der Waals surface area (Å²) in [6.45, 7) is 0.0713. The third kappa shape index (κ3) is 2.48. The smallest absolute Gasteiger partial charge is 0.323 e. The minimum atomic E-state index is -0.894. The molecule has 1 aromatic heterocycles. The summed E-state index contributed by atoms with van der Waals surface area (Å²) in [5, 5.41) is 3.32. The molecule has 2 heterocycles. The van der Waals surface area contributed by atoms with Crippen LogP contribution in [0.1, 0.15) is 23.1 Å². The van der Waals surface area contributed by atoms with Crippen LogP contribution in [0.3, 0.4) is 0 Å². The van der Waals surface area contributed by atoms with Crippen molar-refractivity contribution in [2.24, 2.45) is 0 Å². The summed E-state index contributed by atoms with van der Waals surface area (Å²) in [6, 6.07) is 13.9. The molecule has 3 amide bonds. The van der Waals surface area contributed by atoms with E-state index < -0.39 is 11.6 Å². The SMILES string of the molecule is O=C1NC2(CCc3ccccc3C2)C(=O)N1Cc1ccc(F)c2cccnc12. The zero-order chi connectivity index (χ0) is 19.3. The zero-order valence-electron chi connectivity index (χ0n) is 15.1. The number of aryl methyl sites for hydroxylation is 1. The van der Waals surface area contributed by atoms with Crippen molar-refractivity contribution >= 4 is 22.8 Å². The number of fused-ring (bicyclic) bond motifs is 2. The van der Waals surface area contributed by atoms with Crippen LogP contribution in [0.25, 0.3) is 10.9 Å². The van der Waals surface area contributed by atoms with E-state index in [1.807, 2.05) is 18.2 Å². The Hall–Kier alpha value is -3.28. The highest BCUT2D eigenvalue weighted by Crippen LogP contribution is 2.34. The maximum absolute atomic E-state index is 14.1. The largest absolute Gasteiger partial charge is 0.325 e. The lowest BCUT2D eigenvalue weighted by Gasteiger charge is -2.32. The maximum atomic E-state index is 14.1. The number of amides is 3. The van der Waals surface area contributed by atoms with Gasteiger partial charge in [-0.2, -0.15) is 0 Å². The van der Waals surface area contributed by atoms with Gasteiger partial charge in [0.15, 0.2) is 0 Å². The van der Waals surface area contributed by atoms with Crippen molar-refractivity contribution in [3.8, 4) is 0 Å². The van der Waals surface area contributed by atoms with Gasteiger partial charge in [-0.3, -0.25) is 14.7 Å². The Morgan fingerprint density at radius 3 is 2.75 bits per heavy atom. The molecular weight excluding hydrogens is 357 g/mol. The summed E-state index contributed by atoms with van der Waals surface area (Å²) in [5.74, 6) is -0.593. The van der Waals surface area contributed by atoms with Gasteiger partial charge in [-0.25, -0.2) is 9.18 Å². The number of nitrogens with one attached hydrogen (secondary N) is 1. The van der Waals surface area contributed by atoms with Crippen LogP contribution in [0.15, 0.2) is 54.7 Å². The Labute approximate surface area is 161 Å². The van der Waals surface area contributed by atoms with Gasteiger partial charge in [0, 0.05) is 18.0 Å². The molecule has 1 unspecified atom stereocenters. The van der Waals surface area contributed by atoms with Crippen LogP contribution in [0.4, 0.5) is 9.18 Å². The number of urea groups is 1. The summed E-state index contributed by atoms with van der Waals surface area (Å²) < 4.78 is 14.1. The molecule has 1 aliphatic carbocycles. The Kier molecular flexibility index (Phi) is 3.69. The predicted octanol–water partition coefficient (Wildman–Crippen LogP) is 3.35. The number of pyridine rings is 1. The first-order chi connectivity index (χ1) is 13.6. The first-order valence-corrected chi connectivity index (χ1v) is 9.30. The molecule has 1 N–H and O–H groups in total. The molecule has 1 fully saturated rings. The van der Waals surface area contributed by atoms with E-state index in [2.05, 4.69) is 16.4 Å². The Bertz CT molecular complexity index is 1130. The summed E-state index contributed by atoms with van der Waals surface area (Å²) in [4.78, 5) is 31.4. The Balaban J connectivity index is 1.48. The van der Waals surface area contributed by atoms with E-state index in [0.717, 1.165) is 12.0 Å². The van der Waals surface area contributed by atoms with Crippen LogP contribution in [0.5, 0.6) is 0 Å². The van der Waals surface area contributed by atoms with Crippen molar-refractivity contribution in [2.45, 2.75) is 31.3 Å². The first kappa shape index (κ1) is 16.9. The molecule has 2 aliphatic rings. The highest BCUT2D eigenvalue weighted by molar-refractivity contribution is 6.07. The van der Waals surface area contributed by atoms with Gasteiger partial charge >= 0.3 is 6.03 Å². The molecule has 0 saturated carbocycles. The van der Waals surface area contributed by atoms with Gasteiger partial charge in [0.05, 0.1) is 12.1 Å². The first-order valence-electron chi connectivity index (χ1n) is 9.30. The number of benzene rings is 2. The fourth-order valence-corrected chi connectivity index (χ4v) is 4.34. The highest BCUT2D eigenvalue weighted by atomic mass is 19.1. The molecule has 0 radical (unpaired) electrons. The number of rotatable bonds is 2. The maximum Gasteiger partial charge on any atom is 0.325 e. The van der Waals surface area contributed by atoms with Crippen LogP contribution >= 0.6 is 0 Å². The van der Waals surface area contributed by atoms with Crippen LogP contribution in [0.2, 0.25) is 0 Å². The molecule has 28 heavy (non-hydrogen) atoms. The molecule has 140 valence electrons. The second-order valence-corrected chi connectivity index (χ2v) is 7.46. The van der Waals surface area contributed by atoms with Crippen LogP contribution < -0.4 is 5.32 Å². The third-order valence-corrected chi connectivity index (χ3v) is 5.81. The summed E-state index contributed by atoms with van der Waals surface area (Å²) in [7, 11) is 0. The van der Waals surface area contributed by atoms with Crippen molar-refractivity contribution in [3.63, 3.8) is 0 Å². The van der Waals surface area contributed by atoms with E-state index in [1.165, 1.54) is 16.5 Å². The quantitative estimate of drug-likeness (QED) is 0.699. The third-order valence-electron chi connectivity index (χ3n) is 5.81. The number of nitrogens with zero attached hydrogens (tertiary/aromatic N) is 2. The minimum Gasteiger partial charge on any atom is -0.323 e. The van der Waals surface area contributed by atoms with Crippen LogP contribution in [-0.2, 0) is 24.2 Å². The van der Waals surface area contributed by atoms with E-state index in [4.69, 9.17) is 0 Å². The summed E-state index contributed by atoms with van der Waals surface area (Å²) in [6.07, 6.45) is 3.40. The number of carbonyl (C=O) groups is 2. The molecule has 2 aromatic carbocycles. The molecule has 6 heteroatoms. The monoisotopic (exact) mass is 375 g/mol. The molecule has 5 nitrogen and oxygen atoms in total. The van der Waals surface area contributed by atoms with Crippen molar-refractivity contribution in [3.05, 3.63) is 77.2 Å². The van der Waals surface area contributed by atoms with Gasteiger partial charge in [0.2, 0.25) is 0 Å². The van der Waals surface area contributed by atoms with Crippen molar-refractivity contribution in [1.82, 2.24) is 15.2 Å². The van der Waals surface area contributed by atoms with Gasteiger partial charge in [-0.05, 0) is 47.7 Å². The number of aromatic nitrogens is 1. The lowest BCUT2D eigenvalue weighted by Crippen LogP contribution is -2.51. The predicted molar refractivity (Wildman–Crippen MR) is 102 cm³/mol. The molecular formula is C22H18FN3O2. The normalized spacial score (nSPS) is 21.2. The van der Waals surface area contributed by atoms with Crippen molar-refractivity contribution in [2.75, 3.05) is 0 Å². The lowest BCUT2D eigenvalue weighted by atomic mass is 9.78. The number of hydrogen-bond acceptors (Lipinski definition) is 3. The van der Waals surface area contributed by atoms with Gasteiger partial charge < -0.3 is 5.32 Å².